The number of nitrogens with zero attached hydrogens (tertiary/aromatic N) is 1. The molecular weight excluding hydrogens is 276 g/mol. The largest absolute Gasteiger partial charge is 0.368 e. The summed E-state index contributed by atoms with van der Waals surface area (Å²) in [6.45, 7) is 0. The van der Waals surface area contributed by atoms with Crippen LogP contribution < -0.4 is 10.6 Å². The molecule has 0 radical (unpaired) electrons. The topological polar surface area (TPSA) is 63.4 Å². The fourth-order valence-corrected chi connectivity index (χ4v) is 2.94. The average Bonchev–Trinajstić information content (AvgIpc) is 2.93. The molecule has 0 saturated heterocycles. The maximum absolute atomic E-state index is 12.6. The molecule has 22 heavy (non-hydrogen) atoms. The second-order valence-electron chi connectivity index (χ2n) is 5.50. The zero-order valence-electron chi connectivity index (χ0n) is 12.2. The van der Waals surface area contributed by atoms with E-state index in [1.807, 2.05) is 54.6 Å². The summed E-state index contributed by atoms with van der Waals surface area (Å²) in [5.41, 5.74) is 8.40. The molecule has 2 aromatic carbocycles. The lowest BCUT2D eigenvalue weighted by atomic mass is 10.1. The van der Waals surface area contributed by atoms with Gasteiger partial charge in [-0.25, -0.2) is 0 Å². The first-order valence-corrected chi connectivity index (χ1v) is 7.40. The van der Waals surface area contributed by atoms with Crippen LogP contribution in [-0.4, -0.2) is 17.9 Å². The minimum absolute atomic E-state index is 0.0578. The third-order valence-electron chi connectivity index (χ3n) is 4.04. The van der Waals surface area contributed by atoms with Gasteiger partial charge in [0.2, 0.25) is 11.8 Å². The third-order valence-corrected chi connectivity index (χ3v) is 4.04. The smallest absolute Gasteiger partial charge is 0.240 e. The minimum atomic E-state index is -0.569. The summed E-state index contributed by atoms with van der Waals surface area (Å²) in [6, 6.07) is 16.9. The van der Waals surface area contributed by atoms with Gasteiger partial charge < -0.3 is 5.73 Å². The fourth-order valence-electron chi connectivity index (χ4n) is 2.94. The van der Waals surface area contributed by atoms with E-state index in [0.717, 1.165) is 16.8 Å². The van der Waals surface area contributed by atoms with Gasteiger partial charge in [-0.05, 0) is 23.6 Å². The summed E-state index contributed by atoms with van der Waals surface area (Å²) in [4.78, 5) is 25.9. The Morgan fingerprint density at radius 2 is 1.73 bits per heavy atom. The van der Waals surface area contributed by atoms with Gasteiger partial charge in [-0.3, -0.25) is 14.5 Å². The lowest BCUT2D eigenvalue weighted by Gasteiger charge is -2.23. The van der Waals surface area contributed by atoms with Gasteiger partial charge in [0.25, 0.3) is 0 Å². The summed E-state index contributed by atoms with van der Waals surface area (Å²) in [6.07, 6.45) is 1.52. The van der Waals surface area contributed by atoms with Crippen molar-refractivity contribution in [3.63, 3.8) is 0 Å². The van der Waals surface area contributed by atoms with E-state index in [1.165, 1.54) is 0 Å². The fraction of sp³-hybridized carbons (Fsp3) is 0.222. The number of hydrogen-bond acceptors (Lipinski definition) is 2. The van der Waals surface area contributed by atoms with Crippen molar-refractivity contribution in [3.05, 3.63) is 65.7 Å². The number of carbonyl (C=O) groups is 2. The number of hydrogen-bond donors (Lipinski definition) is 1. The monoisotopic (exact) mass is 294 g/mol. The Hall–Kier alpha value is -2.62. The SMILES string of the molecule is NC(=O)[C@@H]1Cc2ccccc2N1C(=O)CCc1ccccc1. The Bertz CT molecular complexity index is 697. The highest BCUT2D eigenvalue weighted by atomic mass is 16.2. The van der Waals surface area contributed by atoms with E-state index in [1.54, 1.807) is 4.90 Å². The highest BCUT2D eigenvalue weighted by molar-refractivity contribution is 6.03. The standard InChI is InChI=1S/C18H18N2O2/c19-18(22)16-12-14-8-4-5-9-15(14)20(16)17(21)11-10-13-6-2-1-3-7-13/h1-9,16H,10-12H2,(H2,19,22)/t16-/m0/s1. The molecule has 1 aliphatic heterocycles. The molecule has 0 bridgehead atoms. The van der Waals surface area contributed by atoms with Crippen molar-refractivity contribution in [1.82, 2.24) is 0 Å². The molecule has 2 N–H and O–H groups in total. The van der Waals surface area contributed by atoms with Crippen molar-refractivity contribution in [2.75, 3.05) is 4.90 Å². The number of primary amides is 1. The van der Waals surface area contributed by atoms with Crippen molar-refractivity contribution in [1.29, 1.82) is 0 Å². The molecule has 2 aromatic rings. The number of amides is 2. The molecule has 3 rings (SSSR count). The van der Waals surface area contributed by atoms with E-state index >= 15 is 0 Å². The van der Waals surface area contributed by atoms with Crippen LogP contribution in [0.4, 0.5) is 5.69 Å². The number of nitrogens with two attached hydrogens (primary N) is 1. The molecule has 0 saturated carbocycles. The van der Waals surface area contributed by atoms with Gasteiger partial charge in [-0.2, -0.15) is 0 Å². The van der Waals surface area contributed by atoms with Gasteiger partial charge in [0.15, 0.2) is 0 Å². The van der Waals surface area contributed by atoms with Crippen molar-refractivity contribution in [2.45, 2.75) is 25.3 Å². The van der Waals surface area contributed by atoms with Crippen LogP contribution in [0.5, 0.6) is 0 Å². The van der Waals surface area contributed by atoms with Gasteiger partial charge in [0.05, 0.1) is 0 Å². The summed E-state index contributed by atoms with van der Waals surface area (Å²) in [7, 11) is 0. The van der Waals surface area contributed by atoms with Crippen molar-refractivity contribution in [3.8, 4) is 0 Å². The molecule has 4 heteroatoms. The second-order valence-corrected chi connectivity index (χ2v) is 5.50. The van der Waals surface area contributed by atoms with E-state index in [0.29, 0.717) is 19.3 Å². The van der Waals surface area contributed by atoms with Crippen LogP contribution in [-0.2, 0) is 22.4 Å². The van der Waals surface area contributed by atoms with E-state index in [-0.39, 0.29) is 5.91 Å². The normalized spacial score (nSPS) is 16.4. The van der Waals surface area contributed by atoms with Crippen LogP contribution in [0.1, 0.15) is 17.5 Å². The Labute approximate surface area is 129 Å². The number of carbonyl (C=O) groups excluding carboxylic acids is 2. The number of fused-ring (bicyclic) bond motifs is 1. The quantitative estimate of drug-likeness (QED) is 0.938. The van der Waals surface area contributed by atoms with Crippen LogP contribution in [0, 0.1) is 0 Å². The van der Waals surface area contributed by atoms with Gasteiger partial charge in [-0.1, -0.05) is 48.5 Å². The molecule has 2 amide bonds. The van der Waals surface area contributed by atoms with Crippen molar-refractivity contribution < 1.29 is 9.59 Å². The maximum Gasteiger partial charge on any atom is 0.240 e. The molecule has 1 aliphatic rings. The Morgan fingerprint density at radius 3 is 2.45 bits per heavy atom. The minimum Gasteiger partial charge on any atom is -0.368 e. The third kappa shape index (κ3) is 2.72. The summed E-state index contributed by atoms with van der Waals surface area (Å²) < 4.78 is 0. The second kappa shape index (κ2) is 6.02. The van der Waals surface area contributed by atoms with Crippen LogP contribution in [0.15, 0.2) is 54.6 Å². The average molecular weight is 294 g/mol. The van der Waals surface area contributed by atoms with Gasteiger partial charge >= 0.3 is 0 Å². The lowest BCUT2D eigenvalue weighted by Crippen LogP contribution is -2.46. The Morgan fingerprint density at radius 1 is 1.05 bits per heavy atom. The Balaban J connectivity index is 1.78. The van der Waals surface area contributed by atoms with E-state index in [4.69, 9.17) is 5.73 Å². The Kier molecular flexibility index (Phi) is 3.92. The molecule has 112 valence electrons. The highest BCUT2D eigenvalue weighted by Crippen LogP contribution is 2.32. The van der Waals surface area contributed by atoms with Crippen LogP contribution in [0.25, 0.3) is 0 Å². The van der Waals surface area contributed by atoms with Crippen LogP contribution in [0.3, 0.4) is 0 Å². The van der Waals surface area contributed by atoms with Crippen molar-refractivity contribution >= 4 is 17.5 Å². The van der Waals surface area contributed by atoms with Gasteiger partial charge in [0.1, 0.15) is 6.04 Å². The zero-order chi connectivity index (χ0) is 15.5. The predicted molar refractivity (Wildman–Crippen MR) is 85.4 cm³/mol. The number of rotatable bonds is 4. The molecule has 0 spiro atoms. The van der Waals surface area contributed by atoms with Crippen molar-refractivity contribution in [2.24, 2.45) is 5.73 Å². The summed E-state index contributed by atoms with van der Waals surface area (Å²) in [5, 5.41) is 0. The predicted octanol–water partition coefficient (Wildman–Crippen LogP) is 2.06. The van der Waals surface area contributed by atoms with E-state index in [2.05, 4.69) is 0 Å². The molecule has 0 unspecified atom stereocenters. The first kappa shape index (κ1) is 14.3. The lowest BCUT2D eigenvalue weighted by molar-refractivity contribution is -0.124. The molecule has 0 aromatic heterocycles. The van der Waals surface area contributed by atoms with Gasteiger partial charge in [-0.15, -0.1) is 0 Å². The summed E-state index contributed by atoms with van der Waals surface area (Å²) >= 11 is 0. The highest BCUT2D eigenvalue weighted by Gasteiger charge is 2.36. The maximum atomic E-state index is 12.6. The van der Waals surface area contributed by atoms with Crippen LogP contribution in [0.2, 0.25) is 0 Å². The zero-order valence-corrected chi connectivity index (χ0v) is 12.2. The molecular formula is C18H18N2O2. The molecule has 1 atom stereocenters. The van der Waals surface area contributed by atoms with Gasteiger partial charge in [0, 0.05) is 18.5 Å². The number of anilines is 1. The van der Waals surface area contributed by atoms with E-state index < -0.39 is 11.9 Å². The number of benzene rings is 2. The molecule has 0 aliphatic carbocycles. The van der Waals surface area contributed by atoms with E-state index in [9.17, 15) is 9.59 Å². The number of para-hydroxylation sites is 1. The van der Waals surface area contributed by atoms with Crippen LogP contribution >= 0.6 is 0 Å². The number of aryl methyl sites for hydroxylation is 1. The molecule has 0 fully saturated rings. The molecule has 1 heterocycles. The first-order valence-electron chi connectivity index (χ1n) is 7.40. The molecule has 4 nitrogen and oxygen atoms in total. The summed E-state index contributed by atoms with van der Waals surface area (Å²) in [5.74, 6) is -0.512. The first-order chi connectivity index (χ1) is 10.7.